The molecule has 6 nitrogen and oxygen atoms in total. The van der Waals surface area contributed by atoms with Crippen LogP contribution in [0.15, 0.2) is 53.4 Å². The van der Waals surface area contributed by atoms with Gasteiger partial charge in [0.05, 0.1) is 27.7 Å². The number of carboxylic acid groups (broad SMARTS) is 1. The normalized spacial score (nSPS) is 15.7. The number of carbonyl (C=O) groups is 1. The first-order valence-electron chi connectivity index (χ1n) is 10.8. The van der Waals surface area contributed by atoms with Crippen molar-refractivity contribution in [3.8, 4) is 16.9 Å². The highest BCUT2D eigenvalue weighted by Crippen LogP contribution is 2.44. The number of rotatable bonds is 6. The van der Waals surface area contributed by atoms with Crippen molar-refractivity contribution < 1.29 is 49.4 Å². The average molecular weight is 580 g/mol. The highest BCUT2D eigenvalue weighted by Gasteiger charge is 2.38. The van der Waals surface area contributed by atoms with Gasteiger partial charge in [0.2, 0.25) is 0 Å². The Hall–Kier alpha value is -3.45. The number of aliphatic carboxylic acids is 1. The monoisotopic (exact) mass is 579 g/mol. The van der Waals surface area contributed by atoms with Crippen LogP contribution < -0.4 is 9.04 Å². The maximum Gasteiger partial charge on any atom is 0.416 e. The number of anilines is 1. The van der Waals surface area contributed by atoms with Crippen LogP contribution in [0.4, 0.5) is 32.0 Å². The van der Waals surface area contributed by atoms with Crippen LogP contribution in [0.3, 0.4) is 0 Å². The molecule has 0 saturated heterocycles. The van der Waals surface area contributed by atoms with Crippen molar-refractivity contribution in [2.45, 2.75) is 30.0 Å². The molecule has 1 N–H and O–H groups in total. The molecule has 0 saturated carbocycles. The molecule has 0 amide bonds. The maximum atomic E-state index is 15.3. The second kappa shape index (κ2) is 10.0. The van der Waals surface area contributed by atoms with Crippen molar-refractivity contribution in [2.75, 3.05) is 10.8 Å². The Labute approximate surface area is 217 Å². The summed E-state index contributed by atoms with van der Waals surface area (Å²) in [5.41, 5.74) is -2.31. The fraction of sp³-hybridized carbons (Fsp3) is 0.208. The fourth-order valence-corrected chi connectivity index (χ4v) is 5.67. The number of ether oxygens (including phenoxy) is 1. The van der Waals surface area contributed by atoms with E-state index >= 15 is 4.39 Å². The molecule has 0 bridgehead atoms. The van der Waals surface area contributed by atoms with Crippen LogP contribution in [0.2, 0.25) is 5.02 Å². The maximum absolute atomic E-state index is 15.3. The molecule has 0 fully saturated rings. The second-order valence-electron chi connectivity index (χ2n) is 8.29. The number of alkyl halides is 3. The summed E-state index contributed by atoms with van der Waals surface area (Å²) in [6.45, 7) is -0.590. The molecule has 14 heteroatoms. The van der Waals surface area contributed by atoms with E-state index in [1.165, 1.54) is 0 Å². The van der Waals surface area contributed by atoms with Crippen LogP contribution in [-0.2, 0) is 21.0 Å². The topological polar surface area (TPSA) is 83.9 Å². The Morgan fingerprint density at radius 3 is 2.45 bits per heavy atom. The zero-order valence-corrected chi connectivity index (χ0v) is 20.5. The first-order chi connectivity index (χ1) is 17.7. The van der Waals surface area contributed by atoms with Crippen molar-refractivity contribution in [1.82, 2.24) is 0 Å². The van der Waals surface area contributed by atoms with Gasteiger partial charge in [0.15, 0.2) is 11.6 Å². The first-order valence-corrected chi connectivity index (χ1v) is 12.6. The summed E-state index contributed by atoms with van der Waals surface area (Å²) in [4.78, 5) is 10.3. The number of benzene rings is 3. The van der Waals surface area contributed by atoms with E-state index in [1.807, 2.05) is 0 Å². The third-order valence-corrected chi connectivity index (χ3v) is 7.84. The van der Waals surface area contributed by atoms with Gasteiger partial charge in [0.1, 0.15) is 17.7 Å². The van der Waals surface area contributed by atoms with E-state index in [0.717, 1.165) is 30.3 Å². The van der Waals surface area contributed by atoms with Gasteiger partial charge >= 0.3 is 12.1 Å². The van der Waals surface area contributed by atoms with Crippen molar-refractivity contribution in [1.29, 1.82) is 0 Å². The third kappa shape index (κ3) is 5.39. The Morgan fingerprint density at radius 2 is 1.79 bits per heavy atom. The molecule has 1 heterocycles. The van der Waals surface area contributed by atoms with Gasteiger partial charge in [-0.05, 0) is 48.4 Å². The molecule has 0 radical (unpaired) electrons. The number of nitrogens with zero attached hydrogens (tertiary/aromatic N) is 1. The smallest absolute Gasteiger partial charge is 0.416 e. The summed E-state index contributed by atoms with van der Waals surface area (Å²) in [7, 11) is -4.81. The fourth-order valence-electron chi connectivity index (χ4n) is 3.91. The Morgan fingerprint density at radius 1 is 1.08 bits per heavy atom. The van der Waals surface area contributed by atoms with E-state index in [-0.39, 0.29) is 17.5 Å². The molecule has 1 unspecified atom stereocenters. The predicted molar refractivity (Wildman–Crippen MR) is 124 cm³/mol. The minimum absolute atomic E-state index is 0.249. The summed E-state index contributed by atoms with van der Waals surface area (Å²) in [5.74, 6) is -5.29. The van der Waals surface area contributed by atoms with Crippen LogP contribution in [0.1, 0.15) is 18.4 Å². The summed E-state index contributed by atoms with van der Waals surface area (Å²) < 4.78 is 116. The zero-order chi connectivity index (χ0) is 28.0. The van der Waals surface area contributed by atoms with Crippen molar-refractivity contribution in [3.05, 3.63) is 76.6 Å². The van der Waals surface area contributed by atoms with E-state index in [9.17, 15) is 35.2 Å². The molecule has 3 aromatic rings. The van der Waals surface area contributed by atoms with Gasteiger partial charge in [-0.25, -0.2) is 21.6 Å². The summed E-state index contributed by atoms with van der Waals surface area (Å²) in [6.07, 6.45) is -6.79. The van der Waals surface area contributed by atoms with Gasteiger partial charge in [0, 0.05) is 18.1 Å². The standard InChI is InChI=1S/C24H16ClF6NO5S/c25-22-17(9-14(26)10-18(22)27)12-6-19(28)23-20(7-12)32(11-15(37-23)4-5-21(33)34)38(35,36)16-3-1-2-13(8-16)24(29,30)31/h1-3,6-10,15H,4-5,11H2,(H,33,34). The van der Waals surface area contributed by atoms with Crippen LogP contribution in [-0.4, -0.2) is 32.1 Å². The molecule has 1 aliphatic heterocycles. The molecule has 0 aliphatic carbocycles. The minimum Gasteiger partial charge on any atom is -0.483 e. The molecule has 202 valence electrons. The summed E-state index contributed by atoms with van der Waals surface area (Å²) in [5, 5.41) is 8.41. The van der Waals surface area contributed by atoms with E-state index in [4.69, 9.17) is 21.4 Å². The summed E-state index contributed by atoms with van der Waals surface area (Å²) >= 11 is 5.92. The molecule has 4 rings (SSSR count). The number of sulfonamides is 1. The van der Waals surface area contributed by atoms with Gasteiger partial charge in [-0.3, -0.25) is 9.10 Å². The quantitative estimate of drug-likeness (QED) is 0.275. The van der Waals surface area contributed by atoms with Crippen LogP contribution in [0.25, 0.3) is 11.1 Å². The van der Waals surface area contributed by atoms with Gasteiger partial charge < -0.3 is 9.84 Å². The van der Waals surface area contributed by atoms with Crippen molar-refractivity contribution >= 4 is 33.3 Å². The lowest BCUT2D eigenvalue weighted by Crippen LogP contribution is -2.44. The van der Waals surface area contributed by atoms with Gasteiger partial charge in [0.25, 0.3) is 10.0 Å². The predicted octanol–water partition coefficient (Wildman–Crippen LogP) is 6.26. The number of fused-ring (bicyclic) bond motifs is 1. The summed E-state index contributed by atoms with van der Waals surface area (Å²) in [6, 6.07) is 5.93. The highest BCUT2D eigenvalue weighted by molar-refractivity contribution is 7.92. The zero-order valence-electron chi connectivity index (χ0n) is 18.9. The van der Waals surface area contributed by atoms with Gasteiger partial charge in [-0.15, -0.1) is 0 Å². The number of halogens is 7. The van der Waals surface area contributed by atoms with Gasteiger partial charge in [-0.2, -0.15) is 13.2 Å². The van der Waals surface area contributed by atoms with Crippen molar-refractivity contribution in [2.24, 2.45) is 0 Å². The van der Waals surface area contributed by atoms with E-state index in [0.29, 0.717) is 22.5 Å². The molecule has 1 aliphatic rings. The number of carboxylic acids is 1. The molecule has 0 spiro atoms. The van der Waals surface area contributed by atoms with Crippen molar-refractivity contribution in [3.63, 3.8) is 0 Å². The van der Waals surface area contributed by atoms with E-state index in [2.05, 4.69) is 0 Å². The molecule has 38 heavy (non-hydrogen) atoms. The second-order valence-corrected chi connectivity index (χ2v) is 10.5. The Kier molecular flexibility index (Phi) is 7.28. The lowest BCUT2D eigenvalue weighted by Gasteiger charge is -2.36. The third-order valence-electron chi connectivity index (χ3n) is 5.68. The highest BCUT2D eigenvalue weighted by atomic mass is 35.5. The number of hydrogen-bond donors (Lipinski definition) is 1. The molecule has 3 aromatic carbocycles. The lowest BCUT2D eigenvalue weighted by molar-refractivity contribution is -0.138. The molecular weight excluding hydrogens is 564 g/mol. The van der Waals surface area contributed by atoms with Crippen LogP contribution >= 0.6 is 11.6 Å². The largest absolute Gasteiger partial charge is 0.483 e. The molecule has 0 aromatic heterocycles. The molecular formula is C24H16ClF6NO5S. The first kappa shape index (κ1) is 27.6. The lowest BCUT2D eigenvalue weighted by atomic mass is 10.0. The van der Waals surface area contributed by atoms with E-state index in [1.54, 1.807) is 0 Å². The Bertz CT molecular complexity index is 1530. The number of hydrogen-bond acceptors (Lipinski definition) is 4. The minimum atomic E-state index is -4.87. The van der Waals surface area contributed by atoms with Crippen LogP contribution in [0, 0.1) is 17.5 Å². The molecule has 1 atom stereocenters. The average Bonchev–Trinajstić information content (AvgIpc) is 2.84. The van der Waals surface area contributed by atoms with Crippen LogP contribution in [0.5, 0.6) is 5.75 Å². The van der Waals surface area contributed by atoms with E-state index < -0.39 is 85.6 Å². The van der Waals surface area contributed by atoms with Gasteiger partial charge in [-0.1, -0.05) is 17.7 Å². The Balaban J connectivity index is 1.90. The SMILES string of the molecule is O=C(O)CCC1CN(S(=O)(=O)c2cccc(C(F)(F)F)c2)c2cc(-c3cc(F)cc(F)c3Cl)cc(F)c2O1.